The fraction of sp³-hybridized carbons (Fsp3) is 0.429. The minimum Gasteiger partial charge on any atom is -0.466 e. The highest BCUT2D eigenvalue weighted by Gasteiger charge is 2.67. The van der Waals surface area contributed by atoms with Gasteiger partial charge in [-0.25, -0.2) is 4.79 Å². The van der Waals surface area contributed by atoms with Crippen molar-refractivity contribution in [1.82, 2.24) is 10.6 Å². The fourth-order valence-corrected chi connectivity index (χ4v) is 3.88. The Hall–Kier alpha value is -1.28. The van der Waals surface area contributed by atoms with Crippen molar-refractivity contribution in [2.75, 3.05) is 6.61 Å². The molecule has 2 aliphatic heterocycles. The van der Waals surface area contributed by atoms with Crippen molar-refractivity contribution in [3.8, 4) is 5.75 Å². The maximum atomic E-state index is 12.6. The summed E-state index contributed by atoms with van der Waals surface area (Å²) in [5.41, 5.74) is -0.570. The van der Waals surface area contributed by atoms with Gasteiger partial charge in [-0.1, -0.05) is 31.9 Å². The molecule has 1 aromatic carbocycles. The van der Waals surface area contributed by atoms with Crippen LogP contribution in [0.15, 0.2) is 22.7 Å². The molecule has 0 spiro atoms. The van der Waals surface area contributed by atoms with Crippen molar-refractivity contribution in [2.24, 2.45) is 0 Å². The smallest absolute Gasteiger partial charge is 0.331 e. The Balaban J connectivity index is 2.19. The lowest BCUT2D eigenvalue weighted by molar-refractivity contribution is -0.157. The van der Waals surface area contributed by atoms with Crippen LogP contribution >= 0.6 is 31.9 Å². The number of rotatable bonds is 2. The Kier molecular flexibility index (Phi) is 3.64. The third-order valence-corrected chi connectivity index (χ3v) is 5.92. The Morgan fingerprint density at radius 3 is 2.91 bits per heavy atom. The molecule has 0 unspecified atom stereocenters. The molecule has 0 aliphatic carbocycles. The Morgan fingerprint density at radius 2 is 2.23 bits per heavy atom. The first-order valence-corrected chi connectivity index (χ1v) is 8.33. The number of fused-ring (bicyclic) bond motifs is 4. The summed E-state index contributed by atoms with van der Waals surface area (Å²) in [5, 5.41) is 5.47. The van der Waals surface area contributed by atoms with E-state index in [1.807, 2.05) is 12.1 Å². The average molecular weight is 434 g/mol. The van der Waals surface area contributed by atoms with Crippen molar-refractivity contribution in [2.45, 2.75) is 29.9 Å². The molecule has 3 atom stereocenters. The van der Waals surface area contributed by atoms with Crippen LogP contribution in [0.4, 0.5) is 4.79 Å². The van der Waals surface area contributed by atoms with E-state index in [-0.39, 0.29) is 6.61 Å². The largest absolute Gasteiger partial charge is 0.466 e. The summed E-state index contributed by atoms with van der Waals surface area (Å²) in [7, 11) is 0. The summed E-state index contributed by atoms with van der Waals surface area (Å²) in [6.45, 7) is 3.61. The van der Waals surface area contributed by atoms with Crippen molar-refractivity contribution in [3.63, 3.8) is 0 Å². The van der Waals surface area contributed by atoms with E-state index in [9.17, 15) is 9.59 Å². The molecule has 1 aromatic rings. The molecule has 22 heavy (non-hydrogen) atoms. The van der Waals surface area contributed by atoms with Crippen LogP contribution in [0.1, 0.15) is 25.5 Å². The van der Waals surface area contributed by atoms with Crippen LogP contribution in [0.2, 0.25) is 0 Å². The maximum Gasteiger partial charge on any atom is 0.331 e. The Labute approximate surface area is 144 Å². The van der Waals surface area contributed by atoms with Crippen LogP contribution in [-0.2, 0) is 9.53 Å². The van der Waals surface area contributed by atoms with E-state index in [2.05, 4.69) is 42.5 Å². The number of benzene rings is 1. The lowest BCUT2D eigenvalue weighted by atomic mass is 9.80. The molecule has 2 heterocycles. The SMILES string of the molecule is CCOC(=O)[C@]1(Br)[C@H]2NC(=O)N[C@]1(C)Oc1ccc(Br)cc12. The topological polar surface area (TPSA) is 76.7 Å². The fourth-order valence-electron chi connectivity index (χ4n) is 2.85. The Morgan fingerprint density at radius 1 is 1.50 bits per heavy atom. The lowest BCUT2D eigenvalue weighted by Gasteiger charge is -2.53. The van der Waals surface area contributed by atoms with Gasteiger partial charge >= 0.3 is 12.0 Å². The van der Waals surface area contributed by atoms with Crippen LogP contribution in [0.3, 0.4) is 0 Å². The van der Waals surface area contributed by atoms with E-state index in [0.717, 1.165) is 4.47 Å². The number of urea groups is 1. The molecule has 2 amide bonds. The van der Waals surface area contributed by atoms with Gasteiger partial charge in [0.05, 0.1) is 12.6 Å². The van der Waals surface area contributed by atoms with Gasteiger partial charge in [-0.15, -0.1) is 0 Å². The first-order valence-electron chi connectivity index (χ1n) is 6.75. The number of carbonyl (C=O) groups is 2. The van der Waals surface area contributed by atoms with Gasteiger partial charge in [-0.05, 0) is 32.0 Å². The monoisotopic (exact) mass is 432 g/mol. The summed E-state index contributed by atoms with van der Waals surface area (Å²) in [4.78, 5) is 24.5. The van der Waals surface area contributed by atoms with Crippen molar-refractivity contribution >= 4 is 43.9 Å². The first kappa shape index (κ1) is 15.6. The van der Waals surface area contributed by atoms with Gasteiger partial charge < -0.3 is 14.8 Å². The summed E-state index contributed by atoms with van der Waals surface area (Å²) in [6, 6.07) is 4.43. The normalized spacial score (nSPS) is 32.2. The number of esters is 1. The molecule has 0 radical (unpaired) electrons. The highest BCUT2D eigenvalue weighted by atomic mass is 79.9. The molecule has 6 nitrogen and oxygen atoms in total. The van der Waals surface area contributed by atoms with E-state index >= 15 is 0 Å². The molecule has 8 heteroatoms. The number of nitrogens with one attached hydrogen (secondary N) is 2. The quantitative estimate of drug-likeness (QED) is 0.555. The zero-order valence-corrected chi connectivity index (χ0v) is 15.1. The van der Waals surface area contributed by atoms with Crippen LogP contribution in [0.25, 0.3) is 0 Å². The summed E-state index contributed by atoms with van der Waals surface area (Å²) < 4.78 is 10.7. The number of halogens is 2. The standard InChI is InChI=1S/C14H14Br2N2O4/c1-3-21-11(19)14(16)10-8-6-7(15)4-5-9(8)22-13(14,2)18-12(20)17-10/h4-6,10H,3H2,1-2H3,(H2,17,18,20)/t10-,13+,14+/m0/s1. The molecule has 2 aliphatic rings. The average Bonchev–Trinajstić information content (AvgIpc) is 2.43. The zero-order valence-electron chi connectivity index (χ0n) is 11.9. The van der Waals surface area contributed by atoms with E-state index in [0.29, 0.717) is 11.3 Å². The lowest BCUT2D eigenvalue weighted by Crippen LogP contribution is -2.77. The molecule has 2 bridgehead atoms. The zero-order chi connectivity index (χ0) is 16.1. The van der Waals surface area contributed by atoms with E-state index < -0.39 is 28.1 Å². The molecular formula is C14H14Br2N2O4. The number of hydrogen-bond acceptors (Lipinski definition) is 4. The van der Waals surface area contributed by atoms with Gasteiger partial charge in [0, 0.05) is 10.0 Å². The van der Waals surface area contributed by atoms with Gasteiger partial charge in [0.1, 0.15) is 5.75 Å². The molecule has 3 rings (SSSR count). The molecule has 0 aromatic heterocycles. The molecule has 1 fully saturated rings. The molecule has 0 saturated carbocycles. The number of ether oxygens (including phenoxy) is 2. The minimum absolute atomic E-state index is 0.230. The third kappa shape index (κ3) is 2.04. The second-order valence-electron chi connectivity index (χ2n) is 5.28. The van der Waals surface area contributed by atoms with Gasteiger partial charge in [0.25, 0.3) is 0 Å². The first-order chi connectivity index (χ1) is 10.3. The number of carbonyl (C=O) groups excluding carboxylic acids is 2. The second-order valence-corrected chi connectivity index (χ2v) is 7.45. The number of alkyl halides is 1. The molecule has 2 N–H and O–H groups in total. The highest BCUT2D eigenvalue weighted by molar-refractivity contribution is 9.10. The minimum atomic E-state index is -1.28. The summed E-state index contributed by atoms with van der Waals surface area (Å²) >= 11 is 6.89. The Bertz CT molecular complexity index is 668. The third-order valence-electron chi connectivity index (χ3n) is 3.89. The predicted octanol–water partition coefficient (Wildman–Crippen LogP) is 2.61. The van der Waals surface area contributed by atoms with Crippen molar-refractivity contribution < 1.29 is 19.1 Å². The predicted molar refractivity (Wildman–Crippen MR) is 85.9 cm³/mol. The van der Waals surface area contributed by atoms with Gasteiger partial charge in [-0.2, -0.15) is 0 Å². The summed E-state index contributed by atoms with van der Waals surface area (Å²) in [6.07, 6.45) is 0. The number of hydrogen-bond donors (Lipinski definition) is 2. The number of amides is 2. The highest BCUT2D eigenvalue weighted by Crippen LogP contribution is 2.53. The van der Waals surface area contributed by atoms with E-state index in [4.69, 9.17) is 9.47 Å². The van der Waals surface area contributed by atoms with Crippen LogP contribution in [-0.4, -0.2) is 28.7 Å². The van der Waals surface area contributed by atoms with Gasteiger partial charge in [0.2, 0.25) is 10.0 Å². The van der Waals surface area contributed by atoms with Gasteiger partial charge in [-0.3, -0.25) is 10.1 Å². The van der Waals surface area contributed by atoms with E-state index in [1.54, 1.807) is 19.9 Å². The molecule has 1 saturated heterocycles. The van der Waals surface area contributed by atoms with Crippen molar-refractivity contribution in [1.29, 1.82) is 0 Å². The summed E-state index contributed by atoms with van der Waals surface area (Å²) in [5.74, 6) is 0.100. The van der Waals surface area contributed by atoms with E-state index in [1.165, 1.54) is 0 Å². The van der Waals surface area contributed by atoms with Crippen LogP contribution < -0.4 is 15.4 Å². The molecular weight excluding hydrogens is 420 g/mol. The van der Waals surface area contributed by atoms with Gasteiger partial charge in [0.15, 0.2) is 0 Å². The molecule has 118 valence electrons. The van der Waals surface area contributed by atoms with Crippen LogP contribution in [0, 0.1) is 0 Å². The second kappa shape index (κ2) is 5.13. The van der Waals surface area contributed by atoms with Crippen molar-refractivity contribution in [3.05, 3.63) is 28.2 Å². The van der Waals surface area contributed by atoms with Crippen LogP contribution in [0.5, 0.6) is 5.75 Å². The maximum absolute atomic E-state index is 12.6.